The second-order valence-electron chi connectivity index (χ2n) is 4.70. The largest absolute Gasteiger partial charge is 0.370 e. The zero-order valence-corrected chi connectivity index (χ0v) is 10.4. The summed E-state index contributed by atoms with van der Waals surface area (Å²) < 4.78 is 1.77. The van der Waals surface area contributed by atoms with E-state index in [4.69, 9.17) is 5.73 Å². The van der Waals surface area contributed by atoms with Crippen molar-refractivity contribution in [3.63, 3.8) is 0 Å². The molecular formula is C12H21N5. The highest BCUT2D eigenvalue weighted by atomic mass is 15.2. The summed E-state index contributed by atoms with van der Waals surface area (Å²) in [5.74, 6) is 0.556. The third-order valence-corrected chi connectivity index (χ3v) is 3.15. The smallest absolute Gasteiger partial charge is 0.189 e. The summed E-state index contributed by atoms with van der Waals surface area (Å²) in [5, 5.41) is 7.39. The number of aryl methyl sites for hydroxylation is 1. The number of aliphatic imine (C=N–C) groups is 1. The number of nitrogens with two attached hydrogens (primary N) is 1. The van der Waals surface area contributed by atoms with Gasteiger partial charge in [-0.15, -0.1) is 0 Å². The van der Waals surface area contributed by atoms with Crippen LogP contribution in [0.15, 0.2) is 17.4 Å². The Labute approximate surface area is 102 Å². The van der Waals surface area contributed by atoms with Gasteiger partial charge in [-0.05, 0) is 12.8 Å². The van der Waals surface area contributed by atoms with Gasteiger partial charge in [0.25, 0.3) is 0 Å². The summed E-state index contributed by atoms with van der Waals surface area (Å²) in [6.07, 6.45) is 10.1. The lowest BCUT2D eigenvalue weighted by Crippen LogP contribution is -2.41. The molecule has 3 N–H and O–H groups in total. The number of nitrogens with one attached hydrogen (secondary N) is 1. The van der Waals surface area contributed by atoms with Crippen LogP contribution in [0.3, 0.4) is 0 Å². The molecule has 0 unspecified atom stereocenters. The minimum Gasteiger partial charge on any atom is -0.370 e. The number of hydrogen-bond donors (Lipinski definition) is 2. The first-order valence-corrected chi connectivity index (χ1v) is 6.28. The van der Waals surface area contributed by atoms with Crippen molar-refractivity contribution in [2.45, 2.75) is 44.7 Å². The van der Waals surface area contributed by atoms with Crippen molar-refractivity contribution in [1.29, 1.82) is 0 Å². The van der Waals surface area contributed by atoms with Crippen LogP contribution in [0, 0.1) is 0 Å². The van der Waals surface area contributed by atoms with E-state index in [-0.39, 0.29) is 0 Å². The molecule has 1 saturated carbocycles. The first-order valence-electron chi connectivity index (χ1n) is 6.28. The molecule has 0 spiro atoms. The van der Waals surface area contributed by atoms with Crippen LogP contribution >= 0.6 is 0 Å². The molecule has 0 atom stereocenters. The number of guanidine groups is 1. The number of aromatic nitrogens is 2. The molecule has 1 aromatic heterocycles. The van der Waals surface area contributed by atoms with Crippen LogP contribution in [0.5, 0.6) is 0 Å². The monoisotopic (exact) mass is 235 g/mol. The highest BCUT2D eigenvalue weighted by Gasteiger charge is 2.13. The minimum absolute atomic E-state index is 0.515. The Morgan fingerprint density at radius 2 is 2.29 bits per heavy atom. The minimum atomic E-state index is 0.515. The molecule has 1 aliphatic rings. The summed E-state index contributed by atoms with van der Waals surface area (Å²) in [6.45, 7) is 0.597. The Kier molecular flexibility index (Phi) is 4.01. The predicted molar refractivity (Wildman–Crippen MR) is 68.5 cm³/mol. The number of nitrogens with zero attached hydrogens (tertiary/aromatic N) is 3. The summed E-state index contributed by atoms with van der Waals surface area (Å²) in [6, 6.07) is 0.515. The van der Waals surface area contributed by atoms with Gasteiger partial charge in [-0.3, -0.25) is 4.68 Å². The second kappa shape index (κ2) is 5.70. The van der Waals surface area contributed by atoms with Gasteiger partial charge in [-0.25, -0.2) is 4.99 Å². The fourth-order valence-corrected chi connectivity index (χ4v) is 2.23. The Bertz CT molecular complexity index is 376. The van der Waals surface area contributed by atoms with Gasteiger partial charge >= 0.3 is 0 Å². The Balaban J connectivity index is 1.80. The Hall–Kier alpha value is -1.52. The lowest BCUT2D eigenvalue weighted by molar-refractivity contribution is 0.412. The molecule has 5 heteroatoms. The second-order valence-corrected chi connectivity index (χ2v) is 4.70. The van der Waals surface area contributed by atoms with Crippen molar-refractivity contribution in [3.8, 4) is 0 Å². The van der Waals surface area contributed by atoms with Crippen LogP contribution in [-0.2, 0) is 13.6 Å². The van der Waals surface area contributed by atoms with Gasteiger partial charge in [0, 0.05) is 24.8 Å². The summed E-state index contributed by atoms with van der Waals surface area (Å²) in [7, 11) is 1.90. The molecule has 2 rings (SSSR count). The first kappa shape index (κ1) is 12.0. The van der Waals surface area contributed by atoms with Gasteiger partial charge < -0.3 is 11.1 Å². The zero-order valence-electron chi connectivity index (χ0n) is 10.4. The highest BCUT2D eigenvalue weighted by molar-refractivity contribution is 5.78. The van der Waals surface area contributed by atoms with Crippen LogP contribution in [-0.4, -0.2) is 21.8 Å². The van der Waals surface area contributed by atoms with E-state index in [0.29, 0.717) is 18.5 Å². The van der Waals surface area contributed by atoms with E-state index in [1.165, 1.54) is 32.1 Å². The van der Waals surface area contributed by atoms with E-state index >= 15 is 0 Å². The Morgan fingerprint density at radius 3 is 2.94 bits per heavy atom. The third kappa shape index (κ3) is 3.76. The molecular weight excluding hydrogens is 214 g/mol. The molecule has 0 bridgehead atoms. The van der Waals surface area contributed by atoms with Crippen molar-refractivity contribution in [2.75, 3.05) is 0 Å². The maximum Gasteiger partial charge on any atom is 0.189 e. The average Bonchev–Trinajstić information content (AvgIpc) is 2.74. The van der Waals surface area contributed by atoms with E-state index in [1.54, 1.807) is 4.68 Å². The maximum absolute atomic E-state index is 5.87. The molecule has 0 radical (unpaired) electrons. The first-order chi connectivity index (χ1) is 8.24. The average molecular weight is 235 g/mol. The van der Waals surface area contributed by atoms with Crippen LogP contribution in [0.1, 0.15) is 37.7 Å². The van der Waals surface area contributed by atoms with Crippen molar-refractivity contribution >= 4 is 5.96 Å². The van der Waals surface area contributed by atoms with Gasteiger partial charge in [0.15, 0.2) is 5.96 Å². The number of rotatable bonds is 3. The molecule has 0 saturated heterocycles. The normalized spacial score (nSPS) is 18.3. The molecule has 1 aromatic rings. The molecule has 0 aliphatic heterocycles. The van der Waals surface area contributed by atoms with Crippen molar-refractivity contribution in [3.05, 3.63) is 18.0 Å². The lowest BCUT2D eigenvalue weighted by atomic mass is 9.96. The summed E-state index contributed by atoms with van der Waals surface area (Å²) in [4.78, 5) is 4.33. The predicted octanol–water partition coefficient (Wildman–Crippen LogP) is 1.16. The van der Waals surface area contributed by atoms with Crippen molar-refractivity contribution < 1.29 is 0 Å². The van der Waals surface area contributed by atoms with E-state index in [0.717, 1.165) is 5.56 Å². The van der Waals surface area contributed by atoms with E-state index in [1.807, 2.05) is 19.4 Å². The maximum atomic E-state index is 5.87. The molecule has 1 fully saturated rings. The summed E-state index contributed by atoms with van der Waals surface area (Å²) in [5.41, 5.74) is 6.96. The highest BCUT2D eigenvalue weighted by Crippen LogP contribution is 2.17. The standard InChI is InChI=1S/C12H21N5/c1-17-9-10(8-15-17)7-14-12(13)16-11-5-3-2-4-6-11/h8-9,11H,2-7H2,1H3,(H3,13,14,16). The molecule has 0 aromatic carbocycles. The molecule has 1 heterocycles. The van der Waals surface area contributed by atoms with Gasteiger partial charge in [-0.2, -0.15) is 5.10 Å². The number of hydrogen-bond acceptors (Lipinski definition) is 2. The van der Waals surface area contributed by atoms with Gasteiger partial charge in [0.2, 0.25) is 0 Å². The molecule has 94 valence electrons. The fraction of sp³-hybridized carbons (Fsp3) is 0.667. The van der Waals surface area contributed by atoms with Crippen LogP contribution in [0.25, 0.3) is 0 Å². The van der Waals surface area contributed by atoms with Gasteiger partial charge in [0.1, 0.15) is 0 Å². The molecule has 1 aliphatic carbocycles. The van der Waals surface area contributed by atoms with Crippen LogP contribution in [0.2, 0.25) is 0 Å². The van der Waals surface area contributed by atoms with Gasteiger partial charge in [-0.1, -0.05) is 19.3 Å². The molecule has 17 heavy (non-hydrogen) atoms. The zero-order chi connectivity index (χ0) is 12.1. The quantitative estimate of drug-likeness (QED) is 0.610. The van der Waals surface area contributed by atoms with E-state index in [2.05, 4.69) is 15.4 Å². The molecule has 0 amide bonds. The van der Waals surface area contributed by atoms with Gasteiger partial charge in [0.05, 0.1) is 12.7 Å². The topological polar surface area (TPSA) is 68.2 Å². The lowest BCUT2D eigenvalue weighted by Gasteiger charge is -2.23. The SMILES string of the molecule is Cn1cc(CN=C(N)NC2CCCCC2)cn1. The van der Waals surface area contributed by atoms with E-state index < -0.39 is 0 Å². The van der Waals surface area contributed by atoms with E-state index in [9.17, 15) is 0 Å². The van der Waals surface area contributed by atoms with Crippen LogP contribution in [0.4, 0.5) is 0 Å². The van der Waals surface area contributed by atoms with Crippen molar-refractivity contribution in [1.82, 2.24) is 15.1 Å². The third-order valence-electron chi connectivity index (χ3n) is 3.15. The molecule has 5 nitrogen and oxygen atoms in total. The summed E-state index contributed by atoms with van der Waals surface area (Å²) >= 11 is 0. The van der Waals surface area contributed by atoms with Crippen LogP contribution < -0.4 is 11.1 Å². The Morgan fingerprint density at radius 1 is 1.53 bits per heavy atom. The fourth-order valence-electron chi connectivity index (χ4n) is 2.23. The van der Waals surface area contributed by atoms with Crippen molar-refractivity contribution in [2.24, 2.45) is 17.8 Å².